The molecule has 0 aromatic rings. The summed E-state index contributed by atoms with van der Waals surface area (Å²) in [5, 5.41) is 17.3. The summed E-state index contributed by atoms with van der Waals surface area (Å²) in [5.74, 6) is -1.14. The van der Waals surface area contributed by atoms with Crippen LogP contribution in [-0.2, 0) is 9.59 Å². The number of carbonyl (C=O) groups is 2. The fraction of sp³-hybridized carbons (Fsp3) is 0.778. The molecule has 0 aromatic heterocycles. The second-order valence-electron chi connectivity index (χ2n) is 3.42. The summed E-state index contributed by atoms with van der Waals surface area (Å²) in [6.45, 7) is 3.20. The zero-order chi connectivity index (χ0) is 10.4. The van der Waals surface area contributed by atoms with Crippen LogP contribution in [0.3, 0.4) is 0 Å². The van der Waals surface area contributed by atoms with Crippen molar-refractivity contribution in [2.45, 2.75) is 32.8 Å². The monoisotopic (exact) mass is 188 g/mol. The van der Waals surface area contributed by atoms with E-state index in [1.165, 1.54) is 0 Å². The molecular formula is C9H16O4. The molecule has 0 heterocycles. The number of rotatable bonds is 6. The Morgan fingerprint density at radius 3 is 2.23 bits per heavy atom. The zero-order valence-corrected chi connectivity index (χ0v) is 7.99. The summed E-state index contributed by atoms with van der Waals surface area (Å²) in [5.41, 5.74) is 0. The van der Waals surface area contributed by atoms with E-state index in [0.29, 0.717) is 12.3 Å². The molecule has 4 nitrogen and oxygen atoms in total. The Hall–Kier alpha value is -0.740. The lowest BCUT2D eigenvalue weighted by Crippen LogP contribution is -2.31. The summed E-state index contributed by atoms with van der Waals surface area (Å²) < 4.78 is 0. The third kappa shape index (κ3) is 4.75. The Kier molecular flexibility index (Phi) is 5.50. The fourth-order valence-corrected chi connectivity index (χ4v) is 0.812. The van der Waals surface area contributed by atoms with Crippen LogP contribution in [0.5, 0.6) is 0 Å². The molecule has 13 heavy (non-hydrogen) atoms. The molecular weight excluding hydrogens is 172 g/mol. The van der Waals surface area contributed by atoms with Crippen LogP contribution in [0.25, 0.3) is 0 Å². The van der Waals surface area contributed by atoms with Crippen molar-refractivity contribution < 1.29 is 19.8 Å². The van der Waals surface area contributed by atoms with E-state index in [0.717, 1.165) is 0 Å². The molecule has 1 unspecified atom stereocenters. The number of ketones is 2. The summed E-state index contributed by atoms with van der Waals surface area (Å²) in [6, 6.07) is 0. The molecule has 0 saturated heterocycles. The van der Waals surface area contributed by atoms with Gasteiger partial charge < -0.3 is 10.2 Å². The molecule has 2 N–H and O–H groups in total. The van der Waals surface area contributed by atoms with Crippen molar-refractivity contribution in [3.8, 4) is 0 Å². The molecule has 76 valence electrons. The van der Waals surface area contributed by atoms with E-state index in [1.54, 1.807) is 0 Å². The summed E-state index contributed by atoms with van der Waals surface area (Å²) in [7, 11) is 0. The molecule has 0 aromatic carbocycles. The van der Waals surface area contributed by atoms with E-state index >= 15 is 0 Å². The first kappa shape index (κ1) is 12.3. The average molecular weight is 188 g/mol. The minimum Gasteiger partial charge on any atom is -0.393 e. The quantitative estimate of drug-likeness (QED) is 0.571. The normalized spacial score (nSPS) is 13.0. The van der Waals surface area contributed by atoms with Crippen LogP contribution >= 0.6 is 0 Å². The van der Waals surface area contributed by atoms with Crippen LogP contribution in [0, 0.1) is 5.92 Å². The van der Waals surface area contributed by atoms with Gasteiger partial charge in [0.05, 0.1) is 6.61 Å². The minimum atomic E-state index is -1.54. The first-order valence-corrected chi connectivity index (χ1v) is 4.35. The van der Waals surface area contributed by atoms with E-state index in [9.17, 15) is 9.59 Å². The second-order valence-corrected chi connectivity index (χ2v) is 3.42. The van der Waals surface area contributed by atoms with Crippen LogP contribution < -0.4 is 0 Å². The fourth-order valence-electron chi connectivity index (χ4n) is 0.812. The summed E-state index contributed by atoms with van der Waals surface area (Å²) >= 11 is 0. The number of carbonyl (C=O) groups excluding carboxylic acids is 2. The lowest BCUT2D eigenvalue weighted by Gasteiger charge is -2.05. The van der Waals surface area contributed by atoms with Gasteiger partial charge in [-0.15, -0.1) is 0 Å². The van der Waals surface area contributed by atoms with Crippen LogP contribution in [0.2, 0.25) is 0 Å². The Morgan fingerprint density at radius 1 is 1.31 bits per heavy atom. The van der Waals surface area contributed by atoms with E-state index < -0.39 is 24.3 Å². The predicted molar refractivity (Wildman–Crippen MR) is 47.2 cm³/mol. The number of hydrogen-bond donors (Lipinski definition) is 2. The summed E-state index contributed by atoms with van der Waals surface area (Å²) in [4.78, 5) is 22.0. The highest BCUT2D eigenvalue weighted by Gasteiger charge is 2.21. The highest BCUT2D eigenvalue weighted by molar-refractivity contribution is 6.38. The molecule has 4 heteroatoms. The van der Waals surface area contributed by atoms with Crippen LogP contribution in [0.15, 0.2) is 0 Å². The van der Waals surface area contributed by atoms with Gasteiger partial charge in [-0.25, -0.2) is 0 Å². The molecule has 0 saturated carbocycles. The molecule has 0 amide bonds. The maximum Gasteiger partial charge on any atom is 0.229 e. The van der Waals surface area contributed by atoms with Crippen LogP contribution in [0.1, 0.15) is 26.7 Å². The smallest absolute Gasteiger partial charge is 0.229 e. The Bertz CT molecular complexity index is 186. The molecule has 0 fully saturated rings. The number of aliphatic hydroxyl groups is 2. The van der Waals surface area contributed by atoms with E-state index in [4.69, 9.17) is 10.2 Å². The average Bonchev–Trinajstić information content (AvgIpc) is 2.11. The minimum absolute atomic E-state index is 0.146. The third-order valence-electron chi connectivity index (χ3n) is 1.70. The number of Topliss-reactive ketones (excluding diaryl/α,β-unsaturated/α-hetero) is 2. The van der Waals surface area contributed by atoms with Crippen molar-refractivity contribution in [3.05, 3.63) is 0 Å². The van der Waals surface area contributed by atoms with Crippen molar-refractivity contribution in [1.29, 1.82) is 0 Å². The highest BCUT2D eigenvalue weighted by Crippen LogP contribution is 2.05. The van der Waals surface area contributed by atoms with Gasteiger partial charge in [-0.05, 0) is 12.3 Å². The van der Waals surface area contributed by atoms with Crippen molar-refractivity contribution in [2.24, 2.45) is 5.92 Å². The molecule has 0 radical (unpaired) electrons. The maximum absolute atomic E-state index is 11.0. The molecule has 0 aliphatic heterocycles. The molecule has 0 aliphatic rings. The van der Waals surface area contributed by atoms with Crippen molar-refractivity contribution >= 4 is 11.6 Å². The van der Waals surface area contributed by atoms with Gasteiger partial charge in [0, 0.05) is 6.42 Å². The van der Waals surface area contributed by atoms with Gasteiger partial charge in [0.25, 0.3) is 0 Å². The molecule has 0 rings (SSSR count). The lowest BCUT2D eigenvalue weighted by molar-refractivity contribution is -0.142. The zero-order valence-electron chi connectivity index (χ0n) is 7.99. The topological polar surface area (TPSA) is 74.6 Å². The van der Waals surface area contributed by atoms with Gasteiger partial charge >= 0.3 is 0 Å². The van der Waals surface area contributed by atoms with Gasteiger partial charge in [-0.3, -0.25) is 9.59 Å². The lowest BCUT2D eigenvalue weighted by atomic mass is 10.0. The Morgan fingerprint density at radius 2 is 1.85 bits per heavy atom. The highest BCUT2D eigenvalue weighted by atomic mass is 16.3. The summed E-state index contributed by atoms with van der Waals surface area (Å²) in [6.07, 6.45) is -0.768. The standard InChI is InChI=1S/C9H16O4/c1-6(2)3-4-7(11)9(13)8(12)5-10/h6,8,10,12H,3-5H2,1-2H3. The number of hydrogen-bond acceptors (Lipinski definition) is 4. The molecule has 0 bridgehead atoms. The number of aliphatic hydroxyl groups excluding tert-OH is 2. The van der Waals surface area contributed by atoms with Crippen molar-refractivity contribution in [1.82, 2.24) is 0 Å². The van der Waals surface area contributed by atoms with Gasteiger partial charge in [0.15, 0.2) is 0 Å². The predicted octanol–water partition coefficient (Wildman–Crippen LogP) is -0.0860. The largest absolute Gasteiger partial charge is 0.393 e. The third-order valence-corrected chi connectivity index (χ3v) is 1.70. The van der Waals surface area contributed by atoms with Crippen molar-refractivity contribution in [2.75, 3.05) is 6.61 Å². The van der Waals surface area contributed by atoms with Crippen LogP contribution in [-0.4, -0.2) is 34.5 Å². The van der Waals surface area contributed by atoms with Gasteiger partial charge in [-0.1, -0.05) is 13.8 Å². The van der Waals surface area contributed by atoms with Crippen LogP contribution in [0.4, 0.5) is 0 Å². The maximum atomic E-state index is 11.0. The van der Waals surface area contributed by atoms with E-state index in [2.05, 4.69) is 0 Å². The Balaban J connectivity index is 3.90. The van der Waals surface area contributed by atoms with Gasteiger partial charge in [0.1, 0.15) is 6.10 Å². The van der Waals surface area contributed by atoms with E-state index in [1.807, 2.05) is 13.8 Å². The molecule has 0 aliphatic carbocycles. The molecule has 1 atom stereocenters. The molecule has 0 spiro atoms. The van der Waals surface area contributed by atoms with Gasteiger partial charge in [0.2, 0.25) is 11.6 Å². The first-order chi connectivity index (χ1) is 5.99. The Labute approximate surface area is 77.6 Å². The van der Waals surface area contributed by atoms with Gasteiger partial charge in [-0.2, -0.15) is 0 Å². The van der Waals surface area contributed by atoms with E-state index in [-0.39, 0.29) is 6.42 Å². The first-order valence-electron chi connectivity index (χ1n) is 4.35. The SMILES string of the molecule is CC(C)CCC(=O)C(=O)C(O)CO. The second kappa shape index (κ2) is 5.83. The van der Waals surface area contributed by atoms with Crippen molar-refractivity contribution in [3.63, 3.8) is 0 Å².